The Kier molecular flexibility index (Phi) is 5.07. The third-order valence-corrected chi connectivity index (χ3v) is 4.88. The molecule has 0 saturated heterocycles. The smallest absolute Gasteiger partial charge is 0.338 e. The topological polar surface area (TPSA) is 134 Å². The van der Waals surface area contributed by atoms with Gasteiger partial charge in [-0.25, -0.2) is 4.79 Å². The number of benzene rings is 3. The van der Waals surface area contributed by atoms with Gasteiger partial charge in [-0.05, 0) is 30.3 Å². The number of ether oxygens (including phenoxy) is 1. The van der Waals surface area contributed by atoms with Crippen LogP contribution in [0.1, 0.15) is 16.2 Å². The van der Waals surface area contributed by atoms with Crippen LogP contribution in [0.4, 0.5) is 5.69 Å². The van der Waals surface area contributed by atoms with Gasteiger partial charge in [0.05, 0.1) is 15.9 Å². The fourth-order valence-electron chi connectivity index (χ4n) is 3.24. The molecule has 5 rings (SSSR count). The van der Waals surface area contributed by atoms with Gasteiger partial charge < -0.3 is 13.8 Å². The molecule has 0 amide bonds. The van der Waals surface area contributed by atoms with E-state index in [2.05, 4.69) is 15.3 Å². The number of hydrogen-bond donors (Lipinski definition) is 0. The van der Waals surface area contributed by atoms with E-state index in [1.165, 1.54) is 24.3 Å². The van der Waals surface area contributed by atoms with Crippen molar-refractivity contribution in [1.29, 1.82) is 0 Å². The molecular weight excluding hydrogens is 428 g/mol. The number of nitrogens with zero attached hydrogens (tertiary/aromatic N) is 4. The van der Waals surface area contributed by atoms with E-state index in [1.54, 1.807) is 18.2 Å². The van der Waals surface area contributed by atoms with Crippen LogP contribution in [0.3, 0.4) is 0 Å². The fourth-order valence-corrected chi connectivity index (χ4v) is 3.24. The first-order chi connectivity index (χ1) is 16.1. The molecule has 3 aromatic carbocycles. The van der Waals surface area contributed by atoms with E-state index in [-0.39, 0.29) is 24.0 Å². The van der Waals surface area contributed by atoms with Gasteiger partial charge in [-0.2, -0.15) is 4.98 Å². The van der Waals surface area contributed by atoms with Gasteiger partial charge in [-0.15, -0.1) is 0 Å². The Labute approximate surface area is 185 Å². The highest BCUT2D eigenvalue weighted by molar-refractivity contribution is 5.98. The van der Waals surface area contributed by atoms with Crippen molar-refractivity contribution in [1.82, 2.24) is 15.3 Å². The van der Waals surface area contributed by atoms with Gasteiger partial charge >= 0.3 is 5.97 Å². The van der Waals surface area contributed by atoms with Crippen LogP contribution >= 0.6 is 0 Å². The quantitative estimate of drug-likeness (QED) is 0.206. The highest BCUT2D eigenvalue weighted by Crippen LogP contribution is 2.29. The van der Waals surface area contributed by atoms with Crippen molar-refractivity contribution in [3.8, 4) is 22.7 Å². The molecule has 33 heavy (non-hydrogen) atoms. The molecule has 5 aromatic rings. The number of fused-ring (bicyclic) bond motifs is 1. The number of nitro groups is 1. The summed E-state index contributed by atoms with van der Waals surface area (Å²) in [5.74, 6) is 0.305. The first kappa shape index (κ1) is 20.1. The van der Waals surface area contributed by atoms with Crippen LogP contribution in [-0.4, -0.2) is 26.2 Å². The molecule has 10 heteroatoms. The standard InChI is InChI=1S/C23H14N4O6/c28-23(16-8-11-19-18(12-16)21(33-25-19)14-4-2-1-3-5-14)31-13-20-24-22(26-32-20)15-6-9-17(10-7-15)27(29)30/h1-12H,13H2. The zero-order chi connectivity index (χ0) is 22.8. The third kappa shape index (κ3) is 4.04. The Bertz CT molecular complexity index is 1460. The highest BCUT2D eigenvalue weighted by atomic mass is 16.6. The monoisotopic (exact) mass is 442 g/mol. The maximum absolute atomic E-state index is 12.6. The summed E-state index contributed by atoms with van der Waals surface area (Å²) in [4.78, 5) is 27.0. The summed E-state index contributed by atoms with van der Waals surface area (Å²) in [6.07, 6.45) is 0. The molecule has 0 unspecified atom stereocenters. The Morgan fingerprint density at radius 2 is 1.73 bits per heavy atom. The minimum atomic E-state index is -0.577. The number of nitro benzene ring substituents is 1. The molecule has 0 radical (unpaired) electrons. The lowest BCUT2D eigenvalue weighted by Crippen LogP contribution is -2.05. The molecule has 0 saturated carbocycles. The zero-order valence-electron chi connectivity index (χ0n) is 16.9. The molecule has 0 aliphatic carbocycles. The Hall–Kier alpha value is -4.86. The number of non-ortho nitro benzene ring substituents is 1. The summed E-state index contributed by atoms with van der Waals surface area (Å²) >= 11 is 0. The second kappa shape index (κ2) is 8.35. The number of carbonyl (C=O) groups is 1. The van der Waals surface area contributed by atoms with E-state index in [9.17, 15) is 14.9 Å². The minimum absolute atomic E-state index is 0.0448. The molecule has 0 atom stereocenters. The summed E-state index contributed by atoms with van der Waals surface area (Å²) in [6, 6.07) is 20.1. The summed E-state index contributed by atoms with van der Waals surface area (Å²) in [7, 11) is 0. The van der Waals surface area contributed by atoms with Gasteiger partial charge in [0.15, 0.2) is 12.4 Å². The fraction of sp³-hybridized carbons (Fsp3) is 0.0435. The lowest BCUT2D eigenvalue weighted by molar-refractivity contribution is -0.384. The highest BCUT2D eigenvalue weighted by Gasteiger charge is 2.17. The van der Waals surface area contributed by atoms with Gasteiger partial charge in [-0.1, -0.05) is 40.6 Å². The second-order valence-electron chi connectivity index (χ2n) is 7.00. The van der Waals surface area contributed by atoms with Gasteiger partial charge in [0, 0.05) is 23.3 Å². The van der Waals surface area contributed by atoms with Crippen LogP contribution in [0.15, 0.2) is 81.8 Å². The molecule has 2 aromatic heterocycles. The van der Waals surface area contributed by atoms with Crippen molar-refractivity contribution in [3.05, 3.63) is 94.4 Å². The van der Waals surface area contributed by atoms with Crippen molar-refractivity contribution < 1.29 is 23.5 Å². The van der Waals surface area contributed by atoms with Crippen molar-refractivity contribution in [3.63, 3.8) is 0 Å². The summed E-state index contributed by atoms with van der Waals surface area (Å²) in [5.41, 5.74) is 2.27. The lowest BCUT2D eigenvalue weighted by atomic mass is 10.1. The van der Waals surface area contributed by atoms with Crippen LogP contribution in [0.25, 0.3) is 33.6 Å². The van der Waals surface area contributed by atoms with E-state index in [4.69, 9.17) is 13.8 Å². The van der Waals surface area contributed by atoms with Crippen LogP contribution in [0.2, 0.25) is 0 Å². The second-order valence-corrected chi connectivity index (χ2v) is 7.00. The average Bonchev–Trinajstić information content (AvgIpc) is 3.50. The summed E-state index contributed by atoms with van der Waals surface area (Å²) < 4.78 is 15.9. The maximum atomic E-state index is 12.6. The molecule has 0 aliphatic rings. The number of aromatic nitrogens is 3. The van der Waals surface area contributed by atoms with Crippen molar-refractivity contribution in [2.75, 3.05) is 0 Å². The normalized spacial score (nSPS) is 10.9. The third-order valence-electron chi connectivity index (χ3n) is 4.88. The van der Waals surface area contributed by atoms with E-state index in [0.717, 1.165) is 5.56 Å². The predicted molar refractivity (Wildman–Crippen MR) is 115 cm³/mol. The molecule has 2 heterocycles. The van der Waals surface area contributed by atoms with Crippen molar-refractivity contribution in [2.45, 2.75) is 6.61 Å². The van der Waals surface area contributed by atoms with Gasteiger partial charge in [-0.3, -0.25) is 10.1 Å². The van der Waals surface area contributed by atoms with E-state index in [1.807, 2.05) is 30.3 Å². The van der Waals surface area contributed by atoms with E-state index < -0.39 is 10.9 Å². The predicted octanol–water partition coefficient (Wildman–Crippen LogP) is 4.81. The van der Waals surface area contributed by atoms with Gasteiger partial charge in [0.2, 0.25) is 5.82 Å². The van der Waals surface area contributed by atoms with E-state index in [0.29, 0.717) is 27.8 Å². The average molecular weight is 442 g/mol. The molecule has 0 bridgehead atoms. The maximum Gasteiger partial charge on any atom is 0.338 e. The van der Waals surface area contributed by atoms with Gasteiger partial charge in [0.1, 0.15) is 5.52 Å². The van der Waals surface area contributed by atoms with E-state index >= 15 is 0 Å². The minimum Gasteiger partial charge on any atom is -0.452 e. The number of esters is 1. The molecule has 0 spiro atoms. The molecular formula is C23H14N4O6. The summed E-state index contributed by atoms with van der Waals surface area (Å²) in [6.45, 7) is -0.230. The van der Waals surface area contributed by atoms with Crippen molar-refractivity contribution >= 4 is 22.6 Å². The molecule has 0 fully saturated rings. The van der Waals surface area contributed by atoms with Crippen LogP contribution in [-0.2, 0) is 11.3 Å². The SMILES string of the molecule is O=C(OCc1nc(-c2ccc([N+](=O)[O-])cc2)no1)c1ccc2noc(-c3ccccc3)c2c1. The molecule has 0 N–H and O–H groups in total. The lowest BCUT2D eigenvalue weighted by Gasteiger charge is -2.02. The zero-order valence-corrected chi connectivity index (χ0v) is 16.9. The molecule has 0 aliphatic heterocycles. The Morgan fingerprint density at radius 3 is 2.48 bits per heavy atom. The Balaban J connectivity index is 1.30. The largest absolute Gasteiger partial charge is 0.452 e. The Morgan fingerprint density at radius 1 is 0.939 bits per heavy atom. The number of hydrogen-bond acceptors (Lipinski definition) is 9. The summed E-state index contributed by atoms with van der Waals surface area (Å²) in [5, 5.41) is 19.3. The first-order valence-corrected chi connectivity index (χ1v) is 9.78. The van der Waals surface area contributed by atoms with Crippen LogP contribution in [0.5, 0.6) is 0 Å². The van der Waals surface area contributed by atoms with Crippen LogP contribution in [0, 0.1) is 10.1 Å². The number of rotatable bonds is 6. The number of carbonyl (C=O) groups excluding carboxylic acids is 1. The van der Waals surface area contributed by atoms with Gasteiger partial charge in [0.25, 0.3) is 11.6 Å². The molecule has 10 nitrogen and oxygen atoms in total. The molecule has 162 valence electrons. The van der Waals surface area contributed by atoms with Crippen LogP contribution < -0.4 is 0 Å². The first-order valence-electron chi connectivity index (χ1n) is 9.78. The van der Waals surface area contributed by atoms with Crippen molar-refractivity contribution in [2.24, 2.45) is 0 Å².